The van der Waals surface area contributed by atoms with Crippen LogP contribution in [0.2, 0.25) is 5.02 Å². The second-order valence-corrected chi connectivity index (χ2v) is 9.40. The third-order valence-electron chi connectivity index (χ3n) is 5.20. The monoisotopic (exact) mass is 561 g/mol. The highest BCUT2D eigenvalue weighted by Gasteiger charge is 2.24. The van der Waals surface area contributed by atoms with Crippen LogP contribution in [0.1, 0.15) is 70.9 Å². The van der Waals surface area contributed by atoms with Crippen LogP contribution in [0.5, 0.6) is 0 Å². The van der Waals surface area contributed by atoms with E-state index in [0.717, 1.165) is 37.5 Å². The Bertz CT molecular complexity index is 1230. The fourth-order valence-corrected chi connectivity index (χ4v) is 4.56. The zero-order valence-corrected chi connectivity index (χ0v) is 23.2. The number of thiazole rings is 1. The number of esters is 1. The lowest BCUT2D eigenvalue weighted by atomic mass is 10.1. The number of halogens is 1. The van der Waals surface area contributed by atoms with Crippen LogP contribution in [-0.2, 0) is 4.74 Å². The lowest BCUT2D eigenvalue weighted by molar-refractivity contribution is 0.0532. The Balaban J connectivity index is 0.000000266. The van der Waals surface area contributed by atoms with Crippen LogP contribution in [0.25, 0.3) is 11.4 Å². The first-order valence-corrected chi connectivity index (χ1v) is 13.4. The molecular formula is C25H32ClN7O4S. The minimum atomic E-state index is -0.679. The van der Waals surface area contributed by atoms with Crippen molar-refractivity contribution in [3.63, 3.8) is 0 Å². The number of aliphatic hydroxyl groups excluding tert-OH is 1. The third kappa shape index (κ3) is 8.24. The Labute approximate surface area is 230 Å². The number of aromatic nitrogens is 4. The summed E-state index contributed by atoms with van der Waals surface area (Å²) in [5.41, 5.74) is 6.91. The van der Waals surface area contributed by atoms with Gasteiger partial charge in [-0.05, 0) is 39.5 Å². The largest absolute Gasteiger partial charge is 0.462 e. The number of hydrogen-bond acceptors (Lipinski definition) is 10. The van der Waals surface area contributed by atoms with Gasteiger partial charge in [0.25, 0.3) is 5.91 Å². The molecule has 1 amide bonds. The summed E-state index contributed by atoms with van der Waals surface area (Å²) in [6.07, 6.45) is 9.28. The number of carbonyl (C=O) groups excluding carboxylic acids is 2. The number of nitrogens with one attached hydrogen (secondary N) is 1. The summed E-state index contributed by atoms with van der Waals surface area (Å²) in [7, 11) is 0. The number of piperidine rings is 1. The molecule has 38 heavy (non-hydrogen) atoms. The number of amides is 1. The number of aromatic amines is 1. The second kappa shape index (κ2) is 15.7. The number of anilines is 1. The summed E-state index contributed by atoms with van der Waals surface area (Å²) in [5.74, 6) is -1.02. The number of carbonyl (C=O) groups is 2. The summed E-state index contributed by atoms with van der Waals surface area (Å²) in [6, 6.07) is 1.80. The van der Waals surface area contributed by atoms with Crippen molar-refractivity contribution in [2.24, 2.45) is 5.73 Å². The first kappa shape index (κ1) is 30.7. The fraction of sp³-hybridized carbons (Fsp3) is 0.440. The maximum absolute atomic E-state index is 12.2. The van der Waals surface area contributed by atoms with E-state index >= 15 is 0 Å². The number of ether oxygens (including phenoxy) is 1. The molecule has 204 valence electrons. The van der Waals surface area contributed by atoms with Gasteiger partial charge in [-0.2, -0.15) is 5.26 Å². The zero-order chi connectivity index (χ0) is 28.1. The average Bonchev–Trinajstić information content (AvgIpc) is 3.52. The van der Waals surface area contributed by atoms with Gasteiger partial charge in [0, 0.05) is 37.8 Å². The van der Waals surface area contributed by atoms with E-state index in [1.54, 1.807) is 38.5 Å². The Morgan fingerprint density at radius 3 is 2.47 bits per heavy atom. The Kier molecular flexibility index (Phi) is 12.6. The minimum absolute atomic E-state index is 0.0694. The van der Waals surface area contributed by atoms with Crippen molar-refractivity contribution in [3.8, 4) is 17.5 Å². The molecule has 1 saturated heterocycles. The van der Waals surface area contributed by atoms with Crippen molar-refractivity contribution in [2.75, 3.05) is 31.2 Å². The molecule has 0 saturated carbocycles. The smallest absolute Gasteiger partial charge is 0.350 e. The van der Waals surface area contributed by atoms with Gasteiger partial charge in [-0.15, -0.1) is 0 Å². The molecule has 1 aliphatic heterocycles. The molecule has 3 aromatic heterocycles. The van der Waals surface area contributed by atoms with Crippen LogP contribution in [0.3, 0.4) is 0 Å². The van der Waals surface area contributed by atoms with Gasteiger partial charge in [-0.3, -0.25) is 14.8 Å². The molecule has 0 atom stereocenters. The second-order valence-electron chi connectivity index (χ2n) is 8.05. The minimum Gasteiger partial charge on any atom is -0.462 e. The highest BCUT2D eigenvalue weighted by molar-refractivity contribution is 7.17. The topological polar surface area (TPSA) is 171 Å². The molecule has 4 N–H and O–H groups in total. The number of rotatable bonds is 6. The number of nitrogens with zero attached hydrogens (tertiary/aromatic N) is 5. The lowest BCUT2D eigenvalue weighted by Crippen LogP contribution is -2.29. The maximum atomic E-state index is 12.2. The fourth-order valence-electron chi connectivity index (χ4n) is 3.35. The summed E-state index contributed by atoms with van der Waals surface area (Å²) < 4.78 is 5.16. The van der Waals surface area contributed by atoms with Crippen LogP contribution >= 0.6 is 22.9 Å². The highest BCUT2D eigenvalue weighted by atomic mass is 35.5. The maximum Gasteiger partial charge on any atom is 0.350 e. The number of nitrogens with two attached hydrogens (primary N) is 1. The number of hydrogen-bond donors (Lipinski definition) is 3. The molecule has 0 aliphatic carbocycles. The molecular weight excluding hydrogens is 530 g/mol. The van der Waals surface area contributed by atoms with Crippen molar-refractivity contribution in [1.82, 2.24) is 19.9 Å². The normalized spacial score (nSPS) is 12.4. The van der Waals surface area contributed by atoms with Gasteiger partial charge in [0.1, 0.15) is 33.6 Å². The summed E-state index contributed by atoms with van der Waals surface area (Å²) in [6.45, 7) is 8.02. The number of aryl methyl sites for hydroxylation is 1. The van der Waals surface area contributed by atoms with Crippen molar-refractivity contribution in [3.05, 3.63) is 45.4 Å². The molecule has 4 heterocycles. The Morgan fingerprint density at radius 1 is 1.29 bits per heavy atom. The van der Waals surface area contributed by atoms with Crippen LogP contribution in [0.15, 0.2) is 18.6 Å². The zero-order valence-electron chi connectivity index (χ0n) is 21.7. The summed E-state index contributed by atoms with van der Waals surface area (Å²) in [5, 5.41) is 17.6. The molecule has 3 aromatic rings. The van der Waals surface area contributed by atoms with Gasteiger partial charge in [-0.1, -0.05) is 29.9 Å². The van der Waals surface area contributed by atoms with E-state index in [4.69, 9.17) is 32.4 Å². The molecule has 4 rings (SSSR count). The quantitative estimate of drug-likeness (QED) is 0.374. The van der Waals surface area contributed by atoms with E-state index in [2.05, 4.69) is 24.8 Å². The molecule has 0 aromatic carbocycles. The van der Waals surface area contributed by atoms with Gasteiger partial charge < -0.3 is 25.5 Å². The number of primary amides is 1. The SMILES string of the molecule is CCCO.CCOC(=O)c1sc(N2CCCCC2)nc1-c1cnccn1.Cc1[nH]c(C(N)=O)c(C#N)c1Cl. The average molecular weight is 562 g/mol. The predicted molar refractivity (Wildman–Crippen MR) is 146 cm³/mol. The third-order valence-corrected chi connectivity index (χ3v) is 6.77. The van der Waals surface area contributed by atoms with Crippen LogP contribution in [-0.4, -0.2) is 63.2 Å². The number of nitriles is 1. The van der Waals surface area contributed by atoms with Crippen molar-refractivity contribution < 1.29 is 19.4 Å². The summed E-state index contributed by atoms with van der Waals surface area (Å²) >= 11 is 7.08. The van der Waals surface area contributed by atoms with E-state index in [1.807, 2.05) is 6.92 Å². The Morgan fingerprint density at radius 2 is 1.97 bits per heavy atom. The molecule has 11 nitrogen and oxygen atoms in total. The van der Waals surface area contributed by atoms with Crippen LogP contribution in [0.4, 0.5) is 5.13 Å². The van der Waals surface area contributed by atoms with E-state index in [0.29, 0.717) is 35.2 Å². The molecule has 0 unspecified atom stereocenters. The first-order valence-electron chi connectivity index (χ1n) is 12.2. The van der Waals surface area contributed by atoms with Crippen LogP contribution < -0.4 is 10.6 Å². The molecule has 0 spiro atoms. The molecule has 13 heteroatoms. The predicted octanol–water partition coefficient (Wildman–Crippen LogP) is 4.10. The first-order chi connectivity index (χ1) is 18.3. The van der Waals surface area contributed by atoms with Crippen molar-refractivity contribution in [2.45, 2.75) is 46.5 Å². The molecule has 1 aliphatic rings. The highest BCUT2D eigenvalue weighted by Crippen LogP contribution is 2.33. The van der Waals surface area contributed by atoms with E-state index in [9.17, 15) is 9.59 Å². The van der Waals surface area contributed by atoms with Gasteiger partial charge >= 0.3 is 5.97 Å². The lowest BCUT2D eigenvalue weighted by Gasteiger charge is -2.25. The van der Waals surface area contributed by atoms with Crippen LogP contribution in [0, 0.1) is 18.3 Å². The van der Waals surface area contributed by atoms with Crippen molar-refractivity contribution in [1.29, 1.82) is 5.26 Å². The molecule has 0 bridgehead atoms. The Hall–Kier alpha value is -3.53. The van der Waals surface area contributed by atoms with Gasteiger partial charge in [0.15, 0.2) is 5.13 Å². The van der Waals surface area contributed by atoms with E-state index in [-0.39, 0.29) is 22.2 Å². The van der Waals surface area contributed by atoms with Gasteiger partial charge in [0.2, 0.25) is 0 Å². The summed E-state index contributed by atoms with van der Waals surface area (Å²) in [4.78, 5) is 41.3. The van der Waals surface area contributed by atoms with E-state index in [1.165, 1.54) is 17.8 Å². The van der Waals surface area contributed by atoms with Crippen molar-refractivity contribution >= 4 is 39.9 Å². The number of H-pyrrole nitrogens is 1. The van der Waals surface area contributed by atoms with Gasteiger partial charge in [-0.25, -0.2) is 9.78 Å². The van der Waals surface area contributed by atoms with E-state index < -0.39 is 5.91 Å². The standard InChI is InChI=1S/C15H18N4O2S.C7H6ClN3O.C3H8O/c1-2-21-14(20)13-12(11-10-16-6-7-17-11)18-15(22-13)19-8-4-3-5-9-19;1-3-5(8)4(2-9)6(11-3)7(10)12;1-2-3-4/h6-7,10H,2-5,8-9H2,1H3;11H,1H3,(H2,10,12);4H,2-3H2,1H3. The molecule has 0 radical (unpaired) electrons. The molecule has 1 fully saturated rings. The van der Waals surface area contributed by atoms with Gasteiger partial charge in [0.05, 0.1) is 17.8 Å². The number of aliphatic hydroxyl groups is 1.